The molecule has 0 aliphatic heterocycles. The molecule has 0 fully saturated rings. The highest BCUT2D eigenvalue weighted by molar-refractivity contribution is 7.11. The third-order valence-electron chi connectivity index (χ3n) is 1.93. The first-order chi connectivity index (χ1) is 6.70. The Kier molecular flexibility index (Phi) is 4.20. The second-order valence-electron chi connectivity index (χ2n) is 3.04. The number of thiophene rings is 1. The Morgan fingerprint density at radius 2 is 1.50 bits per heavy atom. The van der Waals surface area contributed by atoms with E-state index in [1.165, 1.54) is 22.5 Å². The summed E-state index contributed by atoms with van der Waals surface area (Å²) in [5.41, 5.74) is 2.74. The van der Waals surface area contributed by atoms with E-state index >= 15 is 0 Å². The van der Waals surface area contributed by atoms with Gasteiger partial charge in [0.15, 0.2) is 5.06 Å². The first kappa shape index (κ1) is 10.8. The standard InChI is InChI=1S/C8H10.C4H4OS/c1-7-5-3-4-6-8(7)2;5-4-2-1-3-6-4/h3-6H,1-2H3;1-3,5H. The van der Waals surface area contributed by atoms with Crippen LogP contribution in [0.5, 0.6) is 5.06 Å². The molecule has 1 N–H and O–H groups in total. The lowest BCUT2D eigenvalue weighted by atomic mass is 10.1. The molecule has 0 bridgehead atoms. The van der Waals surface area contributed by atoms with Gasteiger partial charge in [0.05, 0.1) is 0 Å². The van der Waals surface area contributed by atoms with E-state index in [-0.39, 0.29) is 0 Å². The van der Waals surface area contributed by atoms with Crippen molar-refractivity contribution in [3.63, 3.8) is 0 Å². The molecule has 74 valence electrons. The molecule has 2 rings (SSSR count). The number of hydrogen-bond donors (Lipinski definition) is 1. The highest BCUT2D eigenvalue weighted by atomic mass is 32.1. The Balaban J connectivity index is 0.000000146. The van der Waals surface area contributed by atoms with Crippen LogP contribution in [0.3, 0.4) is 0 Å². The first-order valence-corrected chi connectivity index (χ1v) is 5.33. The summed E-state index contributed by atoms with van der Waals surface area (Å²) in [6.45, 7) is 4.24. The van der Waals surface area contributed by atoms with Crippen LogP contribution in [0.25, 0.3) is 0 Å². The fourth-order valence-electron chi connectivity index (χ4n) is 0.933. The molecule has 1 nitrogen and oxygen atoms in total. The Bertz CT molecular complexity index is 345. The average molecular weight is 206 g/mol. The van der Waals surface area contributed by atoms with Gasteiger partial charge in [-0.25, -0.2) is 0 Å². The van der Waals surface area contributed by atoms with E-state index in [4.69, 9.17) is 5.11 Å². The van der Waals surface area contributed by atoms with Crippen molar-refractivity contribution >= 4 is 11.3 Å². The molecule has 14 heavy (non-hydrogen) atoms. The lowest BCUT2D eigenvalue weighted by Gasteiger charge is -1.93. The number of benzene rings is 1. The molecule has 0 spiro atoms. The molecular formula is C12H14OS. The minimum Gasteiger partial charge on any atom is -0.499 e. The van der Waals surface area contributed by atoms with Gasteiger partial charge >= 0.3 is 0 Å². The molecule has 0 aliphatic carbocycles. The number of aromatic hydroxyl groups is 1. The summed E-state index contributed by atoms with van der Waals surface area (Å²) in [4.78, 5) is 0. The highest BCUT2D eigenvalue weighted by Gasteiger charge is 1.83. The topological polar surface area (TPSA) is 20.2 Å². The number of hydrogen-bond acceptors (Lipinski definition) is 2. The maximum Gasteiger partial charge on any atom is 0.171 e. The number of rotatable bonds is 0. The van der Waals surface area contributed by atoms with Crippen LogP contribution in [-0.4, -0.2) is 5.11 Å². The van der Waals surface area contributed by atoms with Gasteiger partial charge in [-0.3, -0.25) is 0 Å². The molecule has 1 heterocycles. The highest BCUT2D eigenvalue weighted by Crippen LogP contribution is 2.14. The van der Waals surface area contributed by atoms with E-state index in [9.17, 15) is 0 Å². The zero-order valence-electron chi connectivity index (χ0n) is 8.40. The zero-order chi connectivity index (χ0) is 10.4. The van der Waals surface area contributed by atoms with Crippen molar-refractivity contribution < 1.29 is 5.11 Å². The Morgan fingerprint density at radius 3 is 1.71 bits per heavy atom. The second-order valence-corrected chi connectivity index (χ2v) is 3.96. The van der Waals surface area contributed by atoms with Crippen molar-refractivity contribution in [1.29, 1.82) is 0 Å². The Labute approximate surface area is 88.7 Å². The minimum atomic E-state index is 0.384. The maximum absolute atomic E-state index is 8.49. The van der Waals surface area contributed by atoms with Gasteiger partial charge in [0.2, 0.25) is 0 Å². The summed E-state index contributed by atoms with van der Waals surface area (Å²) in [6, 6.07) is 11.8. The van der Waals surface area contributed by atoms with Gasteiger partial charge in [-0.1, -0.05) is 24.3 Å². The van der Waals surface area contributed by atoms with Gasteiger partial charge in [-0.15, -0.1) is 11.3 Å². The molecule has 1 aromatic heterocycles. The monoisotopic (exact) mass is 206 g/mol. The van der Waals surface area contributed by atoms with Crippen molar-refractivity contribution in [3.8, 4) is 5.06 Å². The van der Waals surface area contributed by atoms with E-state index < -0.39 is 0 Å². The molecule has 0 atom stereocenters. The molecule has 0 saturated carbocycles. The van der Waals surface area contributed by atoms with Crippen LogP contribution in [0.2, 0.25) is 0 Å². The average Bonchev–Trinajstić information content (AvgIpc) is 2.63. The van der Waals surface area contributed by atoms with Crippen molar-refractivity contribution in [2.75, 3.05) is 0 Å². The maximum atomic E-state index is 8.49. The third kappa shape index (κ3) is 3.62. The van der Waals surface area contributed by atoms with Crippen molar-refractivity contribution in [2.45, 2.75) is 13.8 Å². The minimum absolute atomic E-state index is 0.384. The lowest BCUT2D eigenvalue weighted by Crippen LogP contribution is -1.74. The van der Waals surface area contributed by atoms with Crippen LogP contribution in [0.4, 0.5) is 0 Å². The summed E-state index contributed by atoms with van der Waals surface area (Å²) in [6.07, 6.45) is 0. The van der Waals surface area contributed by atoms with E-state index in [0.29, 0.717) is 5.06 Å². The molecule has 2 heteroatoms. The number of aryl methyl sites for hydroxylation is 2. The summed E-state index contributed by atoms with van der Waals surface area (Å²) in [5, 5.41) is 10.7. The van der Waals surface area contributed by atoms with Gasteiger partial charge in [-0.05, 0) is 42.5 Å². The molecular weight excluding hydrogens is 192 g/mol. The molecule has 0 aliphatic rings. The van der Waals surface area contributed by atoms with E-state index in [1.54, 1.807) is 12.1 Å². The fraction of sp³-hybridized carbons (Fsp3) is 0.167. The van der Waals surface area contributed by atoms with E-state index in [0.717, 1.165) is 0 Å². The second kappa shape index (κ2) is 5.45. The summed E-state index contributed by atoms with van der Waals surface area (Å²) in [7, 11) is 0. The smallest absolute Gasteiger partial charge is 0.171 e. The van der Waals surface area contributed by atoms with Gasteiger partial charge in [0, 0.05) is 0 Å². The van der Waals surface area contributed by atoms with Crippen LogP contribution >= 0.6 is 11.3 Å². The van der Waals surface area contributed by atoms with Crippen molar-refractivity contribution in [3.05, 3.63) is 52.9 Å². The van der Waals surface area contributed by atoms with Crippen molar-refractivity contribution in [2.24, 2.45) is 0 Å². The molecule has 2 aromatic rings. The Hall–Kier alpha value is -1.28. The van der Waals surface area contributed by atoms with Crippen molar-refractivity contribution in [1.82, 2.24) is 0 Å². The van der Waals surface area contributed by atoms with Crippen LogP contribution in [-0.2, 0) is 0 Å². The van der Waals surface area contributed by atoms with Gasteiger partial charge < -0.3 is 5.11 Å². The predicted molar refractivity (Wildman–Crippen MR) is 61.9 cm³/mol. The Morgan fingerprint density at radius 1 is 0.929 bits per heavy atom. The SMILES string of the molecule is Cc1ccccc1C.Oc1cccs1. The summed E-state index contributed by atoms with van der Waals surface area (Å²) in [5.74, 6) is 0. The quantitative estimate of drug-likeness (QED) is 0.696. The van der Waals surface area contributed by atoms with Gasteiger partial charge in [0.25, 0.3) is 0 Å². The predicted octanol–water partition coefficient (Wildman–Crippen LogP) is 3.76. The molecule has 0 saturated heterocycles. The fourth-order valence-corrected chi connectivity index (χ4v) is 1.39. The third-order valence-corrected chi connectivity index (χ3v) is 2.60. The van der Waals surface area contributed by atoms with Crippen LogP contribution < -0.4 is 0 Å². The largest absolute Gasteiger partial charge is 0.499 e. The van der Waals surface area contributed by atoms with Crippen LogP contribution in [0.1, 0.15) is 11.1 Å². The summed E-state index contributed by atoms with van der Waals surface area (Å²) < 4.78 is 0. The van der Waals surface area contributed by atoms with Crippen LogP contribution in [0.15, 0.2) is 41.8 Å². The molecule has 0 radical (unpaired) electrons. The zero-order valence-corrected chi connectivity index (χ0v) is 9.21. The lowest BCUT2D eigenvalue weighted by molar-refractivity contribution is 0.491. The van der Waals surface area contributed by atoms with E-state index in [2.05, 4.69) is 38.1 Å². The van der Waals surface area contributed by atoms with Gasteiger partial charge in [-0.2, -0.15) is 0 Å². The van der Waals surface area contributed by atoms with Gasteiger partial charge in [0.1, 0.15) is 0 Å². The van der Waals surface area contributed by atoms with E-state index in [1.807, 2.05) is 5.38 Å². The van der Waals surface area contributed by atoms with Crippen LogP contribution in [0, 0.1) is 13.8 Å². The summed E-state index contributed by atoms with van der Waals surface area (Å²) >= 11 is 1.33. The molecule has 1 aromatic carbocycles. The first-order valence-electron chi connectivity index (χ1n) is 4.45. The molecule has 0 unspecified atom stereocenters. The normalized spacial score (nSPS) is 9.00. The molecule has 0 amide bonds.